The maximum absolute atomic E-state index is 12.4. The molecule has 1 aliphatic heterocycles. The van der Waals surface area contributed by atoms with Crippen molar-refractivity contribution < 1.29 is 27.5 Å². The van der Waals surface area contributed by atoms with Crippen molar-refractivity contribution in [2.45, 2.75) is 13.3 Å². The summed E-state index contributed by atoms with van der Waals surface area (Å²) in [5, 5.41) is 7.01. The molecule has 1 aromatic carbocycles. The Bertz CT molecular complexity index is 900. The third-order valence-electron chi connectivity index (χ3n) is 4.14. The third-order valence-corrected chi connectivity index (χ3v) is 4.14. The fraction of sp³-hybridized carbons (Fsp3) is 0.278. The molecule has 10 heteroatoms. The number of nitrogens with zero attached hydrogens (tertiary/aromatic N) is 3. The van der Waals surface area contributed by atoms with Gasteiger partial charge in [-0.1, -0.05) is 6.58 Å². The Morgan fingerprint density at radius 2 is 1.93 bits per heavy atom. The van der Waals surface area contributed by atoms with E-state index in [1.807, 2.05) is 0 Å². The molecule has 0 bridgehead atoms. The topological polar surface area (TPSA) is 76.5 Å². The first-order chi connectivity index (χ1) is 13.2. The summed E-state index contributed by atoms with van der Waals surface area (Å²) >= 11 is 0. The molecular weight excluding hydrogens is 377 g/mol. The smallest absolute Gasteiger partial charge is 0.406 e. The molecule has 2 amide bonds. The maximum atomic E-state index is 12.4. The SMILES string of the molecule is C=CC(=O)N1CC(C(=O)Nc2cc(C)nn2-c2ccc(OC(F)(F)F)cc2)C1. The molecule has 148 valence electrons. The monoisotopic (exact) mass is 394 g/mol. The zero-order valence-electron chi connectivity index (χ0n) is 14.9. The number of hydrogen-bond acceptors (Lipinski definition) is 4. The first-order valence-corrected chi connectivity index (χ1v) is 8.31. The van der Waals surface area contributed by atoms with E-state index in [9.17, 15) is 22.8 Å². The number of carbonyl (C=O) groups excluding carboxylic acids is 2. The Morgan fingerprint density at radius 3 is 2.50 bits per heavy atom. The van der Waals surface area contributed by atoms with Crippen LogP contribution in [0.25, 0.3) is 5.69 Å². The lowest BCUT2D eigenvalue weighted by atomic mass is 9.99. The van der Waals surface area contributed by atoms with E-state index in [2.05, 4.69) is 21.7 Å². The Morgan fingerprint density at radius 1 is 1.29 bits per heavy atom. The highest BCUT2D eigenvalue weighted by Gasteiger charge is 2.35. The fourth-order valence-corrected chi connectivity index (χ4v) is 2.76. The second-order valence-corrected chi connectivity index (χ2v) is 6.26. The van der Waals surface area contributed by atoms with Crippen LogP contribution in [-0.2, 0) is 9.59 Å². The van der Waals surface area contributed by atoms with Crippen molar-refractivity contribution >= 4 is 17.6 Å². The number of aryl methyl sites for hydroxylation is 1. The molecule has 2 aromatic rings. The molecule has 2 heterocycles. The maximum Gasteiger partial charge on any atom is 0.573 e. The van der Waals surface area contributed by atoms with Crippen LogP contribution in [0.2, 0.25) is 0 Å². The van der Waals surface area contributed by atoms with Gasteiger partial charge in [0.1, 0.15) is 11.6 Å². The number of carbonyl (C=O) groups is 2. The summed E-state index contributed by atoms with van der Waals surface area (Å²) in [5.41, 5.74) is 1.07. The minimum atomic E-state index is -4.77. The average Bonchev–Trinajstić information content (AvgIpc) is 2.92. The van der Waals surface area contributed by atoms with Crippen molar-refractivity contribution in [1.29, 1.82) is 0 Å². The summed E-state index contributed by atoms with van der Waals surface area (Å²) in [4.78, 5) is 25.4. The van der Waals surface area contributed by atoms with Gasteiger partial charge in [0, 0.05) is 19.2 Å². The van der Waals surface area contributed by atoms with Gasteiger partial charge >= 0.3 is 6.36 Å². The number of likely N-dealkylation sites (tertiary alicyclic amines) is 1. The van der Waals surface area contributed by atoms with Gasteiger partial charge in [-0.05, 0) is 37.3 Å². The van der Waals surface area contributed by atoms with Crippen LogP contribution in [0.3, 0.4) is 0 Å². The summed E-state index contributed by atoms with van der Waals surface area (Å²) in [7, 11) is 0. The molecule has 3 rings (SSSR count). The largest absolute Gasteiger partial charge is 0.573 e. The molecule has 0 spiro atoms. The summed E-state index contributed by atoms with van der Waals surface area (Å²) < 4.78 is 42.1. The van der Waals surface area contributed by atoms with E-state index >= 15 is 0 Å². The zero-order chi connectivity index (χ0) is 20.5. The highest BCUT2D eigenvalue weighted by molar-refractivity contribution is 5.95. The van der Waals surface area contributed by atoms with E-state index in [-0.39, 0.29) is 23.5 Å². The van der Waals surface area contributed by atoms with Crippen LogP contribution in [0.15, 0.2) is 43.0 Å². The predicted molar refractivity (Wildman–Crippen MR) is 93.9 cm³/mol. The Kier molecular flexibility index (Phi) is 5.12. The standard InChI is InChI=1S/C18H17F3N4O3/c1-3-16(26)24-9-12(10-24)17(27)22-15-8-11(2)23-25(15)13-4-6-14(7-5-13)28-18(19,20)21/h3-8,12H,1,9-10H2,2H3,(H,22,27). The predicted octanol–water partition coefficient (Wildman–Crippen LogP) is 2.66. The van der Waals surface area contributed by atoms with Gasteiger partial charge < -0.3 is 15.0 Å². The third kappa shape index (κ3) is 4.33. The van der Waals surface area contributed by atoms with E-state index in [0.29, 0.717) is 30.3 Å². The zero-order valence-corrected chi connectivity index (χ0v) is 14.9. The lowest BCUT2D eigenvalue weighted by Crippen LogP contribution is -2.54. The molecular formula is C18H17F3N4O3. The van der Waals surface area contributed by atoms with Gasteiger partial charge in [-0.15, -0.1) is 13.2 Å². The fourth-order valence-electron chi connectivity index (χ4n) is 2.76. The van der Waals surface area contributed by atoms with Crippen LogP contribution in [0.4, 0.5) is 19.0 Å². The normalized spacial score (nSPS) is 14.4. The molecule has 7 nitrogen and oxygen atoms in total. The molecule has 0 radical (unpaired) electrons. The minimum Gasteiger partial charge on any atom is -0.406 e. The number of benzene rings is 1. The quantitative estimate of drug-likeness (QED) is 0.792. The minimum absolute atomic E-state index is 0.230. The van der Waals surface area contributed by atoms with Gasteiger partial charge in [-0.25, -0.2) is 4.68 Å². The van der Waals surface area contributed by atoms with Crippen molar-refractivity contribution in [1.82, 2.24) is 14.7 Å². The number of hydrogen-bond donors (Lipinski definition) is 1. The van der Waals surface area contributed by atoms with Crippen molar-refractivity contribution in [3.05, 3.63) is 48.7 Å². The summed E-state index contributed by atoms with van der Waals surface area (Å²) in [6.45, 7) is 5.72. The van der Waals surface area contributed by atoms with Crippen molar-refractivity contribution in [3.8, 4) is 11.4 Å². The number of rotatable bonds is 5. The van der Waals surface area contributed by atoms with Crippen LogP contribution in [0, 0.1) is 12.8 Å². The summed E-state index contributed by atoms with van der Waals surface area (Å²) in [6, 6.07) is 6.77. The molecule has 28 heavy (non-hydrogen) atoms. The number of alkyl halides is 3. The first kappa shape index (κ1) is 19.5. The van der Waals surface area contributed by atoms with E-state index in [4.69, 9.17) is 0 Å². The molecule has 1 fully saturated rings. The lowest BCUT2D eigenvalue weighted by molar-refractivity contribution is -0.274. The van der Waals surface area contributed by atoms with Crippen LogP contribution < -0.4 is 10.1 Å². The first-order valence-electron chi connectivity index (χ1n) is 8.31. The van der Waals surface area contributed by atoms with E-state index in [1.165, 1.54) is 27.8 Å². The molecule has 1 saturated heterocycles. The van der Waals surface area contributed by atoms with Gasteiger partial charge in [0.05, 0.1) is 17.3 Å². The van der Waals surface area contributed by atoms with Gasteiger partial charge in [-0.3, -0.25) is 9.59 Å². The number of anilines is 1. The van der Waals surface area contributed by atoms with Gasteiger partial charge in [-0.2, -0.15) is 5.10 Å². The second-order valence-electron chi connectivity index (χ2n) is 6.26. The van der Waals surface area contributed by atoms with E-state index in [0.717, 1.165) is 12.1 Å². The molecule has 1 aliphatic rings. The Labute approximate surface area is 158 Å². The van der Waals surface area contributed by atoms with Crippen molar-refractivity contribution in [3.63, 3.8) is 0 Å². The van der Waals surface area contributed by atoms with Gasteiger partial charge in [0.25, 0.3) is 0 Å². The van der Waals surface area contributed by atoms with Crippen molar-refractivity contribution in [2.24, 2.45) is 5.92 Å². The lowest BCUT2D eigenvalue weighted by Gasteiger charge is -2.37. The number of amides is 2. The molecule has 1 aromatic heterocycles. The van der Waals surface area contributed by atoms with E-state index < -0.39 is 6.36 Å². The van der Waals surface area contributed by atoms with Crippen molar-refractivity contribution in [2.75, 3.05) is 18.4 Å². The molecule has 1 N–H and O–H groups in total. The number of halogens is 3. The van der Waals surface area contributed by atoms with Gasteiger partial charge in [0.2, 0.25) is 11.8 Å². The van der Waals surface area contributed by atoms with Gasteiger partial charge in [0.15, 0.2) is 0 Å². The van der Waals surface area contributed by atoms with Crippen LogP contribution in [0.1, 0.15) is 5.69 Å². The highest BCUT2D eigenvalue weighted by atomic mass is 19.4. The van der Waals surface area contributed by atoms with Crippen LogP contribution in [-0.4, -0.2) is 45.9 Å². The number of aromatic nitrogens is 2. The van der Waals surface area contributed by atoms with E-state index in [1.54, 1.807) is 13.0 Å². The molecule has 0 atom stereocenters. The summed E-state index contributed by atoms with van der Waals surface area (Å²) in [6.07, 6.45) is -3.58. The average molecular weight is 394 g/mol. The highest BCUT2D eigenvalue weighted by Crippen LogP contribution is 2.25. The van der Waals surface area contributed by atoms with Crippen LogP contribution >= 0.6 is 0 Å². The number of ether oxygens (including phenoxy) is 1. The Balaban J connectivity index is 1.71. The Hall–Kier alpha value is -3.30. The van der Waals surface area contributed by atoms with Crippen LogP contribution in [0.5, 0.6) is 5.75 Å². The number of nitrogens with one attached hydrogen (secondary N) is 1. The molecule has 0 aliphatic carbocycles. The molecule has 0 saturated carbocycles. The summed E-state index contributed by atoms with van der Waals surface area (Å²) in [5.74, 6) is -0.833. The molecule has 0 unspecified atom stereocenters. The second kappa shape index (κ2) is 7.37.